The molecule has 22 heavy (non-hydrogen) atoms. The van der Waals surface area contributed by atoms with Crippen molar-refractivity contribution in [3.63, 3.8) is 0 Å². The molecule has 0 aliphatic heterocycles. The molecule has 112 valence electrons. The summed E-state index contributed by atoms with van der Waals surface area (Å²) in [4.78, 5) is 16.0. The zero-order chi connectivity index (χ0) is 15.3. The third kappa shape index (κ3) is 3.25. The Labute approximate surface area is 131 Å². The molecule has 3 heteroatoms. The van der Waals surface area contributed by atoms with Gasteiger partial charge in [-0.2, -0.15) is 0 Å². The number of pyridine rings is 1. The normalized spacial score (nSPS) is 16.2. The van der Waals surface area contributed by atoms with Crippen molar-refractivity contribution in [2.75, 3.05) is 6.54 Å². The smallest absolute Gasteiger partial charge is 0.244 e. The topological polar surface area (TPSA) is 42.0 Å². The highest BCUT2D eigenvalue weighted by Gasteiger charge is 2.38. The van der Waals surface area contributed by atoms with Gasteiger partial charge in [0, 0.05) is 30.4 Å². The van der Waals surface area contributed by atoms with Crippen molar-refractivity contribution in [1.29, 1.82) is 0 Å². The third-order valence-corrected chi connectivity index (χ3v) is 4.43. The molecular formula is C19H20N2O. The Bertz CT molecular complexity index is 646. The van der Waals surface area contributed by atoms with Crippen LogP contribution < -0.4 is 5.32 Å². The molecule has 0 spiro atoms. The van der Waals surface area contributed by atoms with E-state index in [1.165, 1.54) is 12.0 Å². The Morgan fingerprint density at radius 3 is 2.50 bits per heavy atom. The van der Waals surface area contributed by atoms with E-state index in [9.17, 15) is 4.79 Å². The van der Waals surface area contributed by atoms with E-state index in [0.29, 0.717) is 6.54 Å². The molecule has 1 fully saturated rings. The van der Waals surface area contributed by atoms with Crippen molar-refractivity contribution in [2.45, 2.75) is 24.7 Å². The molecule has 2 aromatic rings. The van der Waals surface area contributed by atoms with Gasteiger partial charge in [-0.05, 0) is 42.2 Å². The first-order chi connectivity index (χ1) is 10.8. The highest BCUT2D eigenvalue weighted by atomic mass is 16.1. The average molecular weight is 292 g/mol. The molecule has 1 heterocycles. The summed E-state index contributed by atoms with van der Waals surface area (Å²) in [5, 5.41) is 3.05. The van der Waals surface area contributed by atoms with Gasteiger partial charge in [-0.1, -0.05) is 36.8 Å². The van der Waals surface area contributed by atoms with Crippen LogP contribution in [-0.2, 0) is 10.2 Å². The van der Waals surface area contributed by atoms with E-state index in [1.54, 1.807) is 18.5 Å². The minimum Gasteiger partial charge on any atom is -0.352 e. The Hall–Kier alpha value is -2.42. The largest absolute Gasteiger partial charge is 0.352 e. The number of amides is 1. The maximum atomic E-state index is 12.0. The Balaban J connectivity index is 1.59. The van der Waals surface area contributed by atoms with E-state index in [4.69, 9.17) is 0 Å². The lowest BCUT2D eigenvalue weighted by molar-refractivity contribution is -0.116. The van der Waals surface area contributed by atoms with Crippen LogP contribution in [0.4, 0.5) is 0 Å². The Morgan fingerprint density at radius 1 is 1.14 bits per heavy atom. The van der Waals surface area contributed by atoms with E-state index in [-0.39, 0.29) is 11.3 Å². The van der Waals surface area contributed by atoms with E-state index >= 15 is 0 Å². The van der Waals surface area contributed by atoms with E-state index in [1.807, 2.05) is 24.3 Å². The monoisotopic (exact) mass is 292 g/mol. The molecule has 1 amide bonds. The second-order valence-electron chi connectivity index (χ2n) is 5.83. The maximum absolute atomic E-state index is 12.0. The van der Waals surface area contributed by atoms with Crippen molar-refractivity contribution >= 4 is 12.0 Å². The summed E-state index contributed by atoms with van der Waals surface area (Å²) in [6, 6.07) is 14.3. The summed E-state index contributed by atoms with van der Waals surface area (Å²) >= 11 is 0. The molecular weight excluding hydrogens is 272 g/mol. The Morgan fingerprint density at radius 2 is 1.86 bits per heavy atom. The predicted octanol–water partition coefficient (Wildman–Crippen LogP) is 3.33. The molecule has 1 saturated carbocycles. The van der Waals surface area contributed by atoms with Gasteiger partial charge in [0.1, 0.15) is 0 Å². The number of hydrogen-bond acceptors (Lipinski definition) is 2. The highest BCUT2D eigenvalue weighted by molar-refractivity contribution is 5.91. The average Bonchev–Trinajstić information content (AvgIpc) is 2.54. The second kappa shape index (κ2) is 6.56. The van der Waals surface area contributed by atoms with Crippen LogP contribution in [-0.4, -0.2) is 17.4 Å². The summed E-state index contributed by atoms with van der Waals surface area (Å²) in [5.41, 5.74) is 2.44. The number of carbonyl (C=O) groups excluding carboxylic acids is 1. The van der Waals surface area contributed by atoms with Crippen molar-refractivity contribution in [3.8, 4) is 0 Å². The van der Waals surface area contributed by atoms with Crippen LogP contribution in [0.1, 0.15) is 30.4 Å². The van der Waals surface area contributed by atoms with Crippen molar-refractivity contribution in [3.05, 3.63) is 72.1 Å². The maximum Gasteiger partial charge on any atom is 0.244 e. The van der Waals surface area contributed by atoms with Crippen LogP contribution in [0.3, 0.4) is 0 Å². The predicted molar refractivity (Wildman–Crippen MR) is 88.3 cm³/mol. The number of rotatable bonds is 5. The van der Waals surface area contributed by atoms with Crippen LogP contribution in [0.25, 0.3) is 6.08 Å². The molecule has 1 aromatic carbocycles. The number of nitrogens with one attached hydrogen (secondary N) is 1. The van der Waals surface area contributed by atoms with Gasteiger partial charge in [0.25, 0.3) is 0 Å². The lowest BCUT2D eigenvalue weighted by Gasteiger charge is -2.42. The zero-order valence-electron chi connectivity index (χ0n) is 12.5. The quantitative estimate of drug-likeness (QED) is 0.859. The van der Waals surface area contributed by atoms with E-state index in [0.717, 1.165) is 18.4 Å². The molecule has 3 rings (SSSR count). The summed E-state index contributed by atoms with van der Waals surface area (Å²) in [5.74, 6) is -0.0426. The van der Waals surface area contributed by atoms with Crippen LogP contribution in [0.2, 0.25) is 0 Å². The SMILES string of the molecule is O=C(/C=C/c1ccncc1)NCC1(c2ccccc2)CCC1. The lowest BCUT2D eigenvalue weighted by atomic mass is 9.64. The third-order valence-electron chi connectivity index (χ3n) is 4.43. The van der Waals surface area contributed by atoms with E-state index < -0.39 is 0 Å². The molecule has 3 nitrogen and oxygen atoms in total. The summed E-state index contributed by atoms with van der Waals surface area (Å²) in [6.07, 6.45) is 10.4. The first kappa shape index (κ1) is 14.5. The molecule has 0 unspecified atom stereocenters. The first-order valence-corrected chi connectivity index (χ1v) is 7.70. The number of aromatic nitrogens is 1. The number of nitrogens with zero attached hydrogens (tertiary/aromatic N) is 1. The molecule has 0 atom stereocenters. The second-order valence-corrected chi connectivity index (χ2v) is 5.83. The fourth-order valence-corrected chi connectivity index (χ4v) is 2.92. The number of hydrogen-bond donors (Lipinski definition) is 1. The van der Waals surface area contributed by atoms with E-state index in [2.05, 4.69) is 34.6 Å². The van der Waals surface area contributed by atoms with Crippen molar-refractivity contribution < 1.29 is 4.79 Å². The summed E-state index contributed by atoms with van der Waals surface area (Å²) in [7, 11) is 0. The number of benzene rings is 1. The fourth-order valence-electron chi connectivity index (χ4n) is 2.92. The molecule has 1 aliphatic carbocycles. The van der Waals surface area contributed by atoms with Crippen LogP contribution >= 0.6 is 0 Å². The molecule has 0 bridgehead atoms. The summed E-state index contributed by atoms with van der Waals surface area (Å²) in [6.45, 7) is 0.705. The molecule has 1 N–H and O–H groups in total. The zero-order valence-corrected chi connectivity index (χ0v) is 12.5. The molecule has 0 radical (unpaired) electrons. The lowest BCUT2D eigenvalue weighted by Crippen LogP contribution is -2.45. The minimum absolute atomic E-state index is 0.0426. The van der Waals surface area contributed by atoms with Gasteiger partial charge < -0.3 is 5.32 Å². The summed E-state index contributed by atoms with van der Waals surface area (Å²) < 4.78 is 0. The highest BCUT2D eigenvalue weighted by Crippen LogP contribution is 2.43. The first-order valence-electron chi connectivity index (χ1n) is 7.70. The Kier molecular flexibility index (Phi) is 4.33. The molecule has 0 saturated heterocycles. The van der Waals surface area contributed by atoms with Crippen molar-refractivity contribution in [2.24, 2.45) is 0 Å². The van der Waals surface area contributed by atoms with Gasteiger partial charge in [0.15, 0.2) is 0 Å². The van der Waals surface area contributed by atoms with Crippen molar-refractivity contribution in [1.82, 2.24) is 10.3 Å². The van der Waals surface area contributed by atoms with Crippen LogP contribution in [0.5, 0.6) is 0 Å². The van der Waals surface area contributed by atoms with Gasteiger partial charge in [-0.25, -0.2) is 0 Å². The van der Waals surface area contributed by atoms with Gasteiger partial charge in [0.2, 0.25) is 5.91 Å². The standard InChI is InChI=1S/C19H20N2O/c22-18(8-7-16-9-13-20-14-10-16)21-15-19(11-4-12-19)17-5-2-1-3-6-17/h1-3,5-10,13-14H,4,11-12,15H2,(H,21,22)/b8-7+. The van der Waals surface area contributed by atoms with Gasteiger partial charge >= 0.3 is 0 Å². The van der Waals surface area contributed by atoms with Gasteiger partial charge in [-0.3, -0.25) is 9.78 Å². The molecule has 1 aliphatic rings. The fraction of sp³-hybridized carbons (Fsp3) is 0.263. The van der Waals surface area contributed by atoms with Crippen LogP contribution in [0, 0.1) is 0 Å². The molecule has 1 aromatic heterocycles. The van der Waals surface area contributed by atoms with Gasteiger partial charge in [-0.15, -0.1) is 0 Å². The minimum atomic E-state index is -0.0426. The van der Waals surface area contributed by atoms with Crippen LogP contribution in [0.15, 0.2) is 60.9 Å². The number of carbonyl (C=O) groups is 1. The van der Waals surface area contributed by atoms with Gasteiger partial charge in [0.05, 0.1) is 0 Å².